The van der Waals surface area contributed by atoms with Gasteiger partial charge < -0.3 is 4.74 Å². The maximum atomic E-state index is 12.4. The van der Waals surface area contributed by atoms with Crippen molar-refractivity contribution in [2.24, 2.45) is 17.8 Å². The van der Waals surface area contributed by atoms with Gasteiger partial charge in [0.2, 0.25) is 0 Å². The van der Waals surface area contributed by atoms with Crippen molar-refractivity contribution in [1.82, 2.24) is 0 Å². The molecule has 1 saturated heterocycles. The summed E-state index contributed by atoms with van der Waals surface area (Å²) in [5.74, 6) is 0.990. The van der Waals surface area contributed by atoms with E-state index in [9.17, 15) is 4.79 Å². The van der Waals surface area contributed by atoms with Gasteiger partial charge in [-0.15, -0.1) is 0 Å². The van der Waals surface area contributed by atoms with E-state index in [0.29, 0.717) is 22.4 Å². The van der Waals surface area contributed by atoms with Crippen LogP contribution in [0.5, 0.6) is 0 Å². The van der Waals surface area contributed by atoms with Gasteiger partial charge in [0, 0.05) is 0 Å². The van der Waals surface area contributed by atoms with E-state index in [0.717, 1.165) is 0 Å². The molecule has 0 radical (unpaired) electrons. The zero-order valence-electron chi connectivity index (χ0n) is 16.3. The summed E-state index contributed by atoms with van der Waals surface area (Å²) in [5, 5.41) is 0.318. The molecule has 0 aromatic rings. The van der Waals surface area contributed by atoms with Crippen molar-refractivity contribution in [1.29, 1.82) is 0 Å². The Balaban J connectivity index is 3.28. The first-order valence-electron chi connectivity index (χ1n) is 9.15. The minimum absolute atomic E-state index is 0.0368. The lowest BCUT2D eigenvalue weighted by Gasteiger charge is -2.53. The van der Waals surface area contributed by atoms with Crippen LogP contribution in [-0.2, 0) is 9.53 Å². The molecule has 0 aliphatic carbocycles. The number of hydrogen-bond donors (Lipinski definition) is 0. The van der Waals surface area contributed by atoms with Gasteiger partial charge in [-0.25, -0.2) is 0 Å². The third kappa shape index (κ3) is 3.77. The van der Waals surface area contributed by atoms with Crippen molar-refractivity contribution in [2.75, 3.05) is 0 Å². The number of rotatable bonds is 5. The summed E-state index contributed by atoms with van der Waals surface area (Å²) in [6.45, 7) is 20.9. The average Bonchev–Trinajstić information content (AvgIpc) is 2.38. The van der Waals surface area contributed by atoms with E-state index in [4.69, 9.17) is 4.74 Å². The quantitative estimate of drug-likeness (QED) is 0.465. The highest BCUT2D eigenvalue weighted by Gasteiger charge is 2.55. The Bertz CT molecular complexity index is 381. The first-order chi connectivity index (χ1) is 9.95. The predicted molar refractivity (Wildman–Crippen MR) is 97.8 cm³/mol. The van der Waals surface area contributed by atoms with Crippen molar-refractivity contribution in [3.63, 3.8) is 0 Å². The highest BCUT2D eigenvalue weighted by molar-refractivity contribution is 6.81. The third-order valence-corrected chi connectivity index (χ3v) is 12.7. The molecule has 1 heterocycles. The van der Waals surface area contributed by atoms with Crippen molar-refractivity contribution in [3.05, 3.63) is 0 Å². The second-order valence-corrected chi connectivity index (χ2v) is 14.8. The molecule has 0 saturated carbocycles. The molecular formula is C19H38O2Si. The Morgan fingerprint density at radius 3 is 2.18 bits per heavy atom. The first-order valence-corrected chi connectivity index (χ1v) is 12.2. The van der Waals surface area contributed by atoms with Crippen LogP contribution in [0.4, 0.5) is 0 Å². The maximum Gasteiger partial charge on any atom is 0.309 e. The standard InChI is InChI=1S/C19H38O2Si/c1-10-11-12-15-14(4)18(20)21-16(13(2)3)17(15)22(8,9)19(5,6)7/h13-17H,10-12H2,1-9H3/t14-,15-,16-,17+/m1/s1. The van der Waals surface area contributed by atoms with E-state index >= 15 is 0 Å². The lowest BCUT2D eigenvalue weighted by molar-refractivity contribution is -0.167. The lowest BCUT2D eigenvalue weighted by atomic mass is 9.79. The van der Waals surface area contributed by atoms with Gasteiger partial charge in [0.25, 0.3) is 0 Å². The molecule has 1 rings (SSSR count). The zero-order valence-corrected chi connectivity index (χ0v) is 17.3. The normalized spacial score (nSPS) is 30.5. The molecule has 0 bridgehead atoms. The van der Waals surface area contributed by atoms with E-state index < -0.39 is 8.07 Å². The van der Waals surface area contributed by atoms with Crippen LogP contribution in [0, 0.1) is 17.8 Å². The van der Waals surface area contributed by atoms with E-state index in [1.807, 2.05) is 0 Å². The Hall–Kier alpha value is -0.313. The maximum absolute atomic E-state index is 12.4. The van der Waals surface area contributed by atoms with E-state index in [1.54, 1.807) is 0 Å². The van der Waals surface area contributed by atoms with Gasteiger partial charge in [-0.2, -0.15) is 0 Å². The minimum Gasteiger partial charge on any atom is -0.462 e. The lowest BCUT2D eigenvalue weighted by Crippen LogP contribution is -2.56. The molecule has 0 spiro atoms. The summed E-state index contributed by atoms with van der Waals surface area (Å²) in [6.07, 6.45) is 3.70. The molecule has 0 unspecified atom stereocenters. The Morgan fingerprint density at radius 2 is 1.77 bits per heavy atom. The second kappa shape index (κ2) is 7.07. The summed E-state index contributed by atoms with van der Waals surface area (Å²) in [4.78, 5) is 12.4. The molecule has 4 atom stereocenters. The molecule has 0 aromatic carbocycles. The highest BCUT2D eigenvalue weighted by atomic mass is 28.3. The summed E-state index contributed by atoms with van der Waals surface area (Å²) in [6, 6.07) is 0. The molecule has 1 aliphatic heterocycles. The monoisotopic (exact) mass is 326 g/mol. The number of carbonyl (C=O) groups is 1. The molecule has 0 N–H and O–H groups in total. The van der Waals surface area contributed by atoms with Gasteiger partial charge in [-0.05, 0) is 28.8 Å². The van der Waals surface area contributed by atoms with Crippen LogP contribution in [0.3, 0.4) is 0 Å². The molecule has 0 aromatic heterocycles. The Labute approximate surface area is 139 Å². The molecule has 1 fully saturated rings. The van der Waals surface area contributed by atoms with Gasteiger partial charge >= 0.3 is 5.97 Å². The van der Waals surface area contributed by atoms with Crippen molar-refractivity contribution in [3.8, 4) is 0 Å². The fraction of sp³-hybridized carbons (Fsp3) is 0.947. The number of cyclic esters (lactones) is 1. The number of esters is 1. The molecule has 130 valence electrons. The second-order valence-electron chi connectivity index (χ2n) is 9.24. The van der Waals surface area contributed by atoms with Crippen LogP contribution in [0.1, 0.15) is 67.7 Å². The van der Waals surface area contributed by atoms with Gasteiger partial charge in [-0.1, -0.05) is 74.4 Å². The zero-order chi connectivity index (χ0) is 17.3. The molecule has 2 nitrogen and oxygen atoms in total. The number of unbranched alkanes of at least 4 members (excludes halogenated alkanes) is 1. The van der Waals surface area contributed by atoms with Crippen molar-refractivity contribution < 1.29 is 9.53 Å². The summed E-state index contributed by atoms with van der Waals surface area (Å²) in [5.41, 5.74) is 0.562. The number of ether oxygens (including phenoxy) is 1. The minimum atomic E-state index is -1.59. The van der Waals surface area contributed by atoms with Gasteiger partial charge in [0.05, 0.1) is 14.0 Å². The topological polar surface area (TPSA) is 26.3 Å². The Kier molecular flexibility index (Phi) is 6.34. The smallest absolute Gasteiger partial charge is 0.309 e. The van der Waals surface area contributed by atoms with Crippen molar-refractivity contribution >= 4 is 14.0 Å². The summed E-state index contributed by atoms with van der Waals surface area (Å²) >= 11 is 0. The molecule has 22 heavy (non-hydrogen) atoms. The van der Waals surface area contributed by atoms with Crippen LogP contribution in [0.25, 0.3) is 0 Å². The average molecular weight is 327 g/mol. The predicted octanol–water partition coefficient (Wildman–Crippen LogP) is 5.89. The largest absolute Gasteiger partial charge is 0.462 e. The summed E-state index contributed by atoms with van der Waals surface area (Å²) < 4.78 is 5.96. The third-order valence-electron chi connectivity index (χ3n) is 6.40. The fourth-order valence-electron chi connectivity index (χ4n) is 3.91. The van der Waals surface area contributed by atoms with Gasteiger partial charge in [0.1, 0.15) is 6.10 Å². The van der Waals surface area contributed by atoms with Crippen LogP contribution in [0.2, 0.25) is 23.7 Å². The fourth-order valence-corrected chi connectivity index (χ4v) is 7.71. The molecule has 3 heteroatoms. The SMILES string of the molecule is CCCC[C@H]1[C@H]([Si](C)(C)C(C)(C)C)[C@@H](C(C)C)OC(=O)[C@@H]1C. The Morgan fingerprint density at radius 1 is 1.23 bits per heavy atom. The molecule has 1 aliphatic rings. The number of carbonyl (C=O) groups excluding carboxylic acids is 1. The van der Waals surface area contributed by atoms with E-state index in [-0.39, 0.29) is 18.0 Å². The van der Waals surface area contributed by atoms with E-state index in [1.165, 1.54) is 19.3 Å². The first kappa shape index (κ1) is 19.7. The molecule has 0 amide bonds. The van der Waals surface area contributed by atoms with Crippen molar-refractivity contribution in [2.45, 2.75) is 97.5 Å². The van der Waals surface area contributed by atoms with Crippen LogP contribution >= 0.6 is 0 Å². The number of hydrogen-bond acceptors (Lipinski definition) is 2. The van der Waals surface area contributed by atoms with Crippen LogP contribution in [-0.4, -0.2) is 20.1 Å². The van der Waals surface area contributed by atoms with Crippen LogP contribution in [0.15, 0.2) is 0 Å². The molecular weight excluding hydrogens is 288 g/mol. The van der Waals surface area contributed by atoms with Gasteiger partial charge in [-0.3, -0.25) is 4.79 Å². The van der Waals surface area contributed by atoms with E-state index in [2.05, 4.69) is 61.6 Å². The summed E-state index contributed by atoms with van der Waals surface area (Å²) in [7, 11) is -1.59. The van der Waals surface area contributed by atoms with Gasteiger partial charge in [0.15, 0.2) is 0 Å². The van der Waals surface area contributed by atoms with Crippen LogP contribution < -0.4 is 0 Å². The highest BCUT2D eigenvalue weighted by Crippen LogP contribution is 2.54.